The molecule has 152 valence electrons. The lowest BCUT2D eigenvalue weighted by molar-refractivity contribution is -0.122. The standard InChI is InChI=1S/C19H18FN3O4S2/c1-13(23-29(25,26)18-5-3-9-28-18)19(24)22-11-14-6-7-17(16(20)10-14)27-15-4-2-8-21-12-15/h2-10,12-13,23H,11H2,1H3,(H,22,24). The summed E-state index contributed by atoms with van der Waals surface area (Å²) in [4.78, 5) is 16.1. The fourth-order valence-corrected chi connectivity index (χ4v) is 4.59. The lowest BCUT2D eigenvalue weighted by Crippen LogP contribution is -2.44. The Bertz CT molecular complexity index is 1070. The molecule has 7 nitrogen and oxygen atoms in total. The van der Waals surface area contributed by atoms with E-state index in [-0.39, 0.29) is 16.5 Å². The van der Waals surface area contributed by atoms with E-state index in [0.717, 1.165) is 11.3 Å². The summed E-state index contributed by atoms with van der Waals surface area (Å²) < 4.78 is 46.4. The van der Waals surface area contributed by atoms with Gasteiger partial charge in [0.15, 0.2) is 11.6 Å². The summed E-state index contributed by atoms with van der Waals surface area (Å²) in [6.07, 6.45) is 3.04. The highest BCUT2D eigenvalue weighted by molar-refractivity contribution is 7.91. The molecule has 0 radical (unpaired) electrons. The van der Waals surface area contributed by atoms with Crippen molar-refractivity contribution in [1.29, 1.82) is 0 Å². The van der Waals surface area contributed by atoms with Crippen LogP contribution in [-0.4, -0.2) is 25.4 Å². The van der Waals surface area contributed by atoms with E-state index < -0.39 is 27.8 Å². The molecule has 29 heavy (non-hydrogen) atoms. The Morgan fingerprint density at radius 2 is 2.10 bits per heavy atom. The molecule has 3 aromatic rings. The van der Waals surface area contributed by atoms with Crippen LogP contribution in [0.2, 0.25) is 0 Å². The molecule has 0 aliphatic heterocycles. The number of thiophene rings is 1. The molecule has 2 N–H and O–H groups in total. The van der Waals surface area contributed by atoms with E-state index in [0.29, 0.717) is 11.3 Å². The summed E-state index contributed by atoms with van der Waals surface area (Å²) in [5.41, 5.74) is 0.503. The normalized spacial score (nSPS) is 12.3. The van der Waals surface area contributed by atoms with Crippen LogP contribution in [0.1, 0.15) is 12.5 Å². The van der Waals surface area contributed by atoms with E-state index in [1.165, 1.54) is 31.3 Å². The molecule has 0 saturated carbocycles. The number of halogens is 1. The predicted molar refractivity (Wildman–Crippen MR) is 107 cm³/mol. The van der Waals surface area contributed by atoms with Crippen molar-refractivity contribution in [2.75, 3.05) is 0 Å². The molecule has 0 spiro atoms. The third-order valence-corrected chi connectivity index (χ3v) is 6.75. The number of hydrogen-bond acceptors (Lipinski definition) is 6. The molecule has 2 aromatic heterocycles. The zero-order chi connectivity index (χ0) is 20.9. The van der Waals surface area contributed by atoms with Gasteiger partial charge in [-0.15, -0.1) is 11.3 Å². The smallest absolute Gasteiger partial charge is 0.250 e. The first-order chi connectivity index (χ1) is 13.8. The minimum Gasteiger partial charge on any atom is -0.453 e. The van der Waals surface area contributed by atoms with Gasteiger partial charge in [-0.1, -0.05) is 12.1 Å². The van der Waals surface area contributed by atoms with Crippen LogP contribution in [0.4, 0.5) is 4.39 Å². The van der Waals surface area contributed by atoms with Crippen LogP contribution in [0.5, 0.6) is 11.5 Å². The van der Waals surface area contributed by atoms with Gasteiger partial charge in [-0.2, -0.15) is 4.72 Å². The summed E-state index contributed by atoms with van der Waals surface area (Å²) in [5, 5.41) is 4.22. The number of amides is 1. The highest BCUT2D eigenvalue weighted by Crippen LogP contribution is 2.24. The van der Waals surface area contributed by atoms with Crippen molar-refractivity contribution in [3.63, 3.8) is 0 Å². The zero-order valence-corrected chi connectivity index (χ0v) is 17.0. The Morgan fingerprint density at radius 1 is 1.28 bits per heavy atom. The SMILES string of the molecule is CC(NS(=O)(=O)c1cccs1)C(=O)NCc1ccc(Oc2cccnc2)c(F)c1. The van der Waals surface area contributed by atoms with Gasteiger partial charge in [0.2, 0.25) is 5.91 Å². The minimum atomic E-state index is -3.76. The van der Waals surface area contributed by atoms with Gasteiger partial charge >= 0.3 is 0 Å². The molecule has 1 atom stereocenters. The van der Waals surface area contributed by atoms with Crippen molar-refractivity contribution in [1.82, 2.24) is 15.0 Å². The first kappa shape index (κ1) is 20.9. The average molecular weight is 436 g/mol. The summed E-state index contributed by atoms with van der Waals surface area (Å²) in [6, 6.07) is 9.70. The van der Waals surface area contributed by atoms with Crippen molar-refractivity contribution in [2.24, 2.45) is 0 Å². The summed E-state index contributed by atoms with van der Waals surface area (Å²) in [7, 11) is -3.76. The highest BCUT2D eigenvalue weighted by Gasteiger charge is 2.22. The maximum atomic E-state index is 14.2. The molecular formula is C19H18FN3O4S2. The highest BCUT2D eigenvalue weighted by atomic mass is 32.2. The molecular weight excluding hydrogens is 417 g/mol. The summed E-state index contributed by atoms with van der Waals surface area (Å²) in [6.45, 7) is 1.47. The average Bonchev–Trinajstić information content (AvgIpc) is 3.24. The number of rotatable bonds is 8. The van der Waals surface area contributed by atoms with Crippen LogP contribution in [-0.2, 0) is 21.4 Å². The fraction of sp³-hybridized carbons (Fsp3) is 0.158. The molecule has 1 amide bonds. The second-order valence-electron chi connectivity index (χ2n) is 6.05. The van der Waals surface area contributed by atoms with Crippen molar-refractivity contribution >= 4 is 27.3 Å². The van der Waals surface area contributed by atoms with E-state index >= 15 is 0 Å². The molecule has 0 saturated heterocycles. The number of nitrogens with one attached hydrogen (secondary N) is 2. The number of benzene rings is 1. The van der Waals surface area contributed by atoms with Crippen LogP contribution >= 0.6 is 11.3 Å². The lowest BCUT2D eigenvalue weighted by Gasteiger charge is -2.14. The quantitative estimate of drug-likeness (QED) is 0.567. The van der Waals surface area contributed by atoms with E-state index in [1.807, 2.05) is 0 Å². The number of nitrogens with zero attached hydrogens (tertiary/aromatic N) is 1. The lowest BCUT2D eigenvalue weighted by atomic mass is 10.2. The van der Waals surface area contributed by atoms with Gasteiger partial charge in [0.05, 0.1) is 12.2 Å². The molecule has 0 aliphatic carbocycles. The molecule has 3 rings (SSSR count). The minimum absolute atomic E-state index is 0.0325. The number of ether oxygens (including phenoxy) is 1. The van der Waals surface area contributed by atoms with E-state index in [1.54, 1.807) is 35.8 Å². The molecule has 0 bridgehead atoms. The van der Waals surface area contributed by atoms with Crippen molar-refractivity contribution in [3.05, 3.63) is 71.6 Å². The maximum Gasteiger partial charge on any atom is 0.250 e. The Labute approximate surface area is 171 Å². The molecule has 1 unspecified atom stereocenters. The number of hydrogen-bond donors (Lipinski definition) is 2. The van der Waals surface area contributed by atoms with Gasteiger partial charge in [-0.25, -0.2) is 12.8 Å². The van der Waals surface area contributed by atoms with Crippen LogP contribution in [0, 0.1) is 5.82 Å². The van der Waals surface area contributed by atoms with Crippen LogP contribution in [0.3, 0.4) is 0 Å². The number of aromatic nitrogens is 1. The Morgan fingerprint density at radius 3 is 2.76 bits per heavy atom. The van der Waals surface area contributed by atoms with Gasteiger partial charge < -0.3 is 10.1 Å². The van der Waals surface area contributed by atoms with Gasteiger partial charge in [-0.05, 0) is 48.2 Å². The molecule has 10 heteroatoms. The summed E-state index contributed by atoms with van der Waals surface area (Å²) in [5.74, 6) is -0.683. The van der Waals surface area contributed by atoms with Gasteiger partial charge in [-0.3, -0.25) is 9.78 Å². The van der Waals surface area contributed by atoms with Crippen molar-refractivity contribution in [2.45, 2.75) is 23.7 Å². The van der Waals surface area contributed by atoms with E-state index in [2.05, 4.69) is 15.0 Å². The van der Waals surface area contributed by atoms with Gasteiger partial charge in [0, 0.05) is 12.7 Å². The maximum absolute atomic E-state index is 14.2. The monoisotopic (exact) mass is 435 g/mol. The Hall–Kier alpha value is -2.82. The van der Waals surface area contributed by atoms with Crippen LogP contribution in [0.25, 0.3) is 0 Å². The van der Waals surface area contributed by atoms with E-state index in [4.69, 9.17) is 4.74 Å². The number of carbonyl (C=O) groups is 1. The van der Waals surface area contributed by atoms with Crippen LogP contribution < -0.4 is 14.8 Å². The van der Waals surface area contributed by atoms with Gasteiger partial charge in [0.1, 0.15) is 9.96 Å². The Balaban J connectivity index is 1.56. The largest absolute Gasteiger partial charge is 0.453 e. The first-order valence-electron chi connectivity index (χ1n) is 8.55. The predicted octanol–water partition coefficient (Wildman–Crippen LogP) is 3.06. The molecule has 2 heterocycles. The Kier molecular flexibility index (Phi) is 6.57. The number of pyridine rings is 1. The second-order valence-corrected chi connectivity index (χ2v) is 8.94. The fourth-order valence-electron chi connectivity index (χ4n) is 2.37. The first-order valence-corrected chi connectivity index (χ1v) is 10.9. The third-order valence-electron chi connectivity index (χ3n) is 3.81. The number of sulfonamides is 1. The van der Waals surface area contributed by atoms with Crippen molar-refractivity contribution < 1.29 is 22.3 Å². The van der Waals surface area contributed by atoms with Gasteiger partial charge in [0.25, 0.3) is 10.0 Å². The summed E-state index contributed by atoms with van der Waals surface area (Å²) >= 11 is 1.06. The third kappa shape index (κ3) is 5.59. The van der Waals surface area contributed by atoms with E-state index in [9.17, 15) is 17.6 Å². The topological polar surface area (TPSA) is 97.4 Å². The van der Waals surface area contributed by atoms with Crippen molar-refractivity contribution in [3.8, 4) is 11.5 Å². The molecule has 1 aromatic carbocycles. The molecule has 0 aliphatic rings. The number of carbonyl (C=O) groups excluding carboxylic acids is 1. The molecule has 0 fully saturated rings. The zero-order valence-electron chi connectivity index (χ0n) is 15.3. The second kappa shape index (κ2) is 9.12. The van der Waals surface area contributed by atoms with Crippen LogP contribution in [0.15, 0.2) is 64.4 Å².